The van der Waals surface area contributed by atoms with Crippen LogP contribution < -0.4 is 0 Å². The van der Waals surface area contributed by atoms with Crippen molar-refractivity contribution >= 4 is 0 Å². The third-order valence-electron chi connectivity index (χ3n) is 2.39. The summed E-state index contributed by atoms with van der Waals surface area (Å²) in [5, 5.41) is 0. The zero-order valence-electron chi connectivity index (χ0n) is 8.94. The van der Waals surface area contributed by atoms with Gasteiger partial charge < -0.3 is 9.47 Å². The van der Waals surface area contributed by atoms with Gasteiger partial charge in [-0.25, -0.2) is 0 Å². The van der Waals surface area contributed by atoms with E-state index in [1.165, 1.54) is 0 Å². The highest BCUT2D eigenvalue weighted by molar-refractivity contribution is 5.23. The van der Waals surface area contributed by atoms with Crippen molar-refractivity contribution in [3.05, 3.63) is 35.9 Å². The van der Waals surface area contributed by atoms with Crippen molar-refractivity contribution in [1.29, 1.82) is 0 Å². The van der Waals surface area contributed by atoms with Gasteiger partial charge in [-0.15, -0.1) is 6.42 Å². The van der Waals surface area contributed by atoms with Gasteiger partial charge >= 0.3 is 0 Å². The first-order valence-corrected chi connectivity index (χ1v) is 4.99. The molecule has 0 amide bonds. The predicted octanol–water partition coefficient (Wildman–Crippen LogP) is 2.51. The highest BCUT2D eigenvalue weighted by atomic mass is 16.7. The molecular weight excluding hydrogens is 188 g/mol. The number of terminal acetylenes is 1. The topological polar surface area (TPSA) is 18.5 Å². The number of hydrogen-bond acceptors (Lipinski definition) is 2. The first-order chi connectivity index (χ1) is 7.12. The van der Waals surface area contributed by atoms with Crippen LogP contribution in [0.1, 0.15) is 25.5 Å². The van der Waals surface area contributed by atoms with E-state index in [-0.39, 0.29) is 12.2 Å². The molecule has 1 aliphatic heterocycles. The predicted molar refractivity (Wildman–Crippen MR) is 58.1 cm³/mol. The molecule has 1 saturated heterocycles. The van der Waals surface area contributed by atoms with Crippen LogP contribution in [0.3, 0.4) is 0 Å². The van der Waals surface area contributed by atoms with Gasteiger partial charge in [0, 0.05) is 0 Å². The first kappa shape index (κ1) is 10.2. The Bertz CT molecular complexity index is 375. The summed E-state index contributed by atoms with van der Waals surface area (Å²) >= 11 is 0. The highest BCUT2D eigenvalue weighted by Crippen LogP contribution is 2.37. The fourth-order valence-electron chi connectivity index (χ4n) is 1.77. The van der Waals surface area contributed by atoms with Gasteiger partial charge in [0.05, 0.1) is 0 Å². The average molecular weight is 202 g/mol. The molecule has 1 aliphatic rings. The van der Waals surface area contributed by atoms with Crippen molar-refractivity contribution < 1.29 is 9.47 Å². The third-order valence-corrected chi connectivity index (χ3v) is 2.39. The Morgan fingerprint density at radius 1 is 1.20 bits per heavy atom. The van der Waals surface area contributed by atoms with E-state index in [0.29, 0.717) is 0 Å². The fourth-order valence-corrected chi connectivity index (χ4v) is 1.77. The van der Waals surface area contributed by atoms with E-state index in [1.54, 1.807) is 0 Å². The zero-order chi connectivity index (χ0) is 10.9. The summed E-state index contributed by atoms with van der Waals surface area (Å²) in [7, 11) is 0. The molecule has 0 bridgehead atoms. The van der Waals surface area contributed by atoms with Crippen LogP contribution in [0.15, 0.2) is 30.3 Å². The summed E-state index contributed by atoms with van der Waals surface area (Å²) in [6, 6.07) is 9.91. The molecule has 0 radical (unpaired) electrons. The molecule has 2 unspecified atom stereocenters. The van der Waals surface area contributed by atoms with Crippen LogP contribution in [0.5, 0.6) is 0 Å². The molecule has 2 rings (SSSR count). The lowest BCUT2D eigenvalue weighted by molar-refractivity contribution is -0.143. The monoisotopic (exact) mass is 202 g/mol. The van der Waals surface area contributed by atoms with Crippen LogP contribution in [0.25, 0.3) is 0 Å². The van der Waals surface area contributed by atoms with E-state index in [0.717, 1.165) is 5.56 Å². The van der Waals surface area contributed by atoms with Gasteiger partial charge in [0.1, 0.15) is 6.10 Å². The smallest absolute Gasteiger partial charge is 0.165 e. The zero-order valence-corrected chi connectivity index (χ0v) is 8.94. The Labute approximate surface area is 90.2 Å². The molecule has 1 heterocycles. The van der Waals surface area contributed by atoms with E-state index in [2.05, 4.69) is 5.92 Å². The molecule has 78 valence electrons. The number of hydrogen-bond donors (Lipinski definition) is 0. The van der Waals surface area contributed by atoms with Crippen LogP contribution in [-0.2, 0) is 9.47 Å². The molecule has 2 nitrogen and oxygen atoms in total. The lowest BCUT2D eigenvalue weighted by Gasteiger charge is -2.16. The summed E-state index contributed by atoms with van der Waals surface area (Å²) in [4.78, 5) is 0. The standard InChI is InChI=1S/C13H14O2/c1-4-11-12(15-13(2,3)14-11)10-8-6-5-7-9-10/h1,5-9,11-12H,2-3H3. The van der Waals surface area contributed by atoms with E-state index in [1.807, 2.05) is 44.2 Å². The summed E-state index contributed by atoms with van der Waals surface area (Å²) in [6.07, 6.45) is 4.96. The third kappa shape index (κ3) is 2.04. The molecule has 0 N–H and O–H groups in total. The molecule has 1 aromatic rings. The van der Waals surface area contributed by atoms with Crippen molar-refractivity contribution in [2.45, 2.75) is 31.8 Å². The van der Waals surface area contributed by atoms with Crippen molar-refractivity contribution in [2.24, 2.45) is 0 Å². The van der Waals surface area contributed by atoms with Gasteiger partial charge in [-0.2, -0.15) is 0 Å². The lowest BCUT2D eigenvalue weighted by atomic mass is 10.1. The van der Waals surface area contributed by atoms with Gasteiger partial charge in [-0.3, -0.25) is 0 Å². The maximum absolute atomic E-state index is 5.77. The van der Waals surface area contributed by atoms with Gasteiger partial charge in [0.15, 0.2) is 11.9 Å². The van der Waals surface area contributed by atoms with Gasteiger partial charge in [0.25, 0.3) is 0 Å². The summed E-state index contributed by atoms with van der Waals surface area (Å²) < 4.78 is 11.4. The molecular formula is C13H14O2. The normalized spacial score (nSPS) is 28.6. The van der Waals surface area contributed by atoms with Crippen LogP contribution in [0, 0.1) is 12.3 Å². The second-order valence-corrected chi connectivity index (χ2v) is 4.05. The molecule has 0 aliphatic carbocycles. The number of ether oxygens (including phenoxy) is 2. The minimum Gasteiger partial charge on any atom is -0.339 e. The van der Waals surface area contributed by atoms with E-state index < -0.39 is 5.79 Å². The molecule has 0 spiro atoms. The number of benzene rings is 1. The second-order valence-electron chi connectivity index (χ2n) is 4.05. The Balaban J connectivity index is 2.27. The summed E-state index contributed by atoms with van der Waals surface area (Å²) in [5.74, 6) is 2.02. The van der Waals surface area contributed by atoms with E-state index in [9.17, 15) is 0 Å². The average Bonchev–Trinajstić information content (AvgIpc) is 2.55. The Kier molecular flexibility index (Phi) is 2.52. The molecule has 1 aromatic carbocycles. The van der Waals surface area contributed by atoms with Crippen molar-refractivity contribution in [3.8, 4) is 12.3 Å². The van der Waals surface area contributed by atoms with Crippen molar-refractivity contribution in [1.82, 2.24) is 0 Å². The van der Waals surface area contributed by atoms with Crippen LogP contribution in [0.2, 0.25) is 0 Å². The van der Waals surface area contributed by atoms with E-state index >= 15 is 0 Å². The van der Waals surface area contributed by atoms with Gasteiger partial charge in [-0.1, -0.05) is 36.3 Å². The molecule has 0 saturated carbocycles. The Morgan fingerprint density at radius 3 is 2.47 bits per heavy atom. The number of rotatable bonds is 1. The summed E-state index contributed by atoms with van der Waals surface area (Å²) in [5.41, 5.74) is 1.06. The van der Waals surface area contributed by atoms with Crippen LogP contribution >= 0.6 is 0 Å². The van der Waals surface area contributed by atoms with Crippen LogP contribution in [0.4, 0.5) is 0 Å². The molecule has 1 fully saturated rings. The Hall–Kier alpha value is -1.30. The largest absolute Gasteiger partial charge is 0.339 e. The minimum absolute atomic E-state index is 0.161. The SMILES string of the molecule is C#CC1OC(C)(C)OC1c1ccccc1. The second kappa shape index (κ2) is 3.69. The molecule has 0 aromatic heterocycles. The van der Waals surface area contributed by atoms with Crippen molar-refractivity contribution in [3.63, 3.8) is 0 Å². The lowest BCUT2D eigenvalue weighted by Crippen LogP contribution is -2.20. The maximum atomic E-state index is 5.77. The molecule has 2 heteroatoms. The molecule has 15 heavy (non-hydrogen) atoms. The maximum Gasteiger partial charge on any atom is 0.165 e. The van der Waals surface area contributed by atoms with Crippen LogP contribution in [-0.4, -0.2) is 11.9 Å². The quantitative estimate of drug-likeness (QED) is 0.651. The fraction of sp³-hybridized carbons (Fsp3) is 0.385. The molecule has 2 atom stereocenters. The Morgan fingerprint density at radius 2 is 1.87 bits per heavy atom. The first-order valence-electron chi connectivity index (χ1n) is 4.99. The highest BCUT2D eigenvalue weighted by Gasteiger charge is 2.40. The summed E-state index contributed by atoms with van der Waals surface area (Å²) in [6.45, 7) is 3.75. The van der Waals surface area contributed by atoms with Gasteiger partial charge in [-0.05, 0) is 19.4 Å². The van der Waals surface area contributed by atoms with Gasteiger partial charge in [0.2, 0.25) is 0 Å². The van der Waals surface area contributed by atoms with Crippen molar-refractivity contribution in [2.75, 3.05) is 0 Å². The van der Waals surface area contributed by atoms with E-state index in [4.69, 9.17) is 15.9 Å². The minimum atomic E-state index is -0.600.